The fourth-order valence-corrected chi connectivity index (χ4v) is 6.40. The van der Waals surface area contributed by atoms with Gasteiger partial charge in [0.15, 0.2) is 6.23 Å². The second-order valence-corrected chi connectivity index (χ2v) is 11.6. The van der Waals surface area contributed by atoms with Crippen LogP contribution < -0.4 is 0 Å². The highest BCUT2D eigenvalue weighted by Crippen LogP contribution is 2.49. The number of fused-ring (bicyclic) bond motifs is 1. The standard InChI is InChI=1S/C35H35FN2O3S/c1-3-40-32(39)20-13-23-11-14-24(15-12-23)33(34(25-16-17-25)27-8-4-5-9-30(27)42-2)26-18-19-29-28(22-26)35(36)37-38(29)31-10-6-7-21-41-31/h4-5,8-9,11-15,18-20,22,25,31H,3,6-7,10,16-17,21H2,1-2H3/b20-13?,34-33+. The predicted octanol–water partition coefficient (Wildman–Crippen LogP) is 8.54. The van der Waals surface area contributed by atoms with E-state index in [9.17, 15) is 4.79 Å². The van der Waals surface area contributed by atoms with Crippen molar-refractivity contribution in [1.82, 2.24) is 9.78 Å². The first-order valence-electron chi connectivity index (χ1n) is 14.7. The van der Waals surface area contributed by atoms with E-state index in [4.69, 9.17) is 9.47 Å². The zero-order valence-electron chi connectivity index (χ0n) is 24.0. The minimum atomic E-state index is -0.475. The molecule has 6 rings (SSSR count). The fraction of sp³-hybridized carbons (Fsp3) is 0.314. The molecule has 0 spiro atoms. The summed E-state index contributed by atoms with van der Waals surface area (Å²) in [6.45, 7) is 2.80. The number of halogens is 1. The number of thioether (sulfide) groups is 1. The van der Waals surface area contributed by atoms with Crippen LogP contribution in [-0.2, 0) is 14.3 Å². The van der Waals surface area contributed by atoms with E-state index in [-0.39, 0.29) is 12.2 Å². The lowest BCUT2D eigenvalue weighted by Gasteiger charge is -2.23. The molecule has 1 unspecified atom stereocenters. The van der Waals surface area contributed by atoms with Gasteiger partial charge in [-0.25, -0.2) is 9.48 Å². The van der Waals surface area contributed by atoms with Crippen molar-refractivity contribution in [2.75, 3.05) is 19.5 Å². The Morgan fingerprint density at radius 2 is 1.86 bits per heavy atom. The van der Waals surface area contributed by atoms with Crippen molar-refractivity contribution in [3.8, 4) is 0 Å². The van der Waals surface area contributed by atoms with Crippen molar-refractivity contribution in [1.29, 1.82) is 0 Å². The highest BCUT2D eigenvalue weighted by Gasteiger charge is 2.32. The van der Waals surface area contributed by atoms with Gasteiger partial charge >= 0.3 is 5.97 Å². The molecule has 2 fully saturated rings. The summed E-state index contributed by atoms with van der Waals surface area (Å²) < 4.78 is 28.1. The molecular formula is C35H35FN2O3S. The molecule has 2 aliphatic rings. The molecule has 0 radical (unpaired) electrons. The van der Waals surface area contributed by atoms with Gasteiger partial charge < -0.3 is 9.47 Å². The first-order chi connectivity index (χ1) is 20.6. The molecule has 5 nitrogen and oxygen atoms in total. The molecule has 1 atom stereocenters. The summed E-state index contributed by atoms with van der Waals surface area (Å²) >= 11 is 1.74. The van der Waals surface area contributed by atoms with Crippen LogP contribution in [0.25, 0.3) is 28.1 Å². The third-order valence-electron chi connectivity index (χ3n) is 7.93. The number of benzene rings is 3. The predicted molar refractivity (Wildman–Crippen MR) is 168 cm³/mol. The molecule has 7 heteroatoms. The second kappa shape index (κ2) is 12.7. The van der Waals surface area contributed by atoms with Crippen molar-refractivity contribution in [3.05, 3.63) is 101 Å². The van der Waals surface area contributed by atoms with Gasteiger partial charge in [0.05, 0.1) is 17.5 Å². The lowest BCUT2D eigenvalue weighted by atomic mass is 9.86. The highest BCUT2D eigenvalue weighted by molar-refractivity contribution is 7.98. The van der Waals surface area contributed by atoms with Crippen LogP contribution in [0.4, 0.5) is 4.39 Å². The Kier molecular flexibility index (Phi) is 8.58. The van der Waals surface area contributed by atoms with Crippen molar-refractivity contribution in [2.45, 2.75) is 50.2 Å². The highest BCUT2D eigenvalue weighted by atomic mass is 32.2. The summed E-state index contributed by atoms with van der Waals surface area (Å²) in [5, 5.41) is 4.79. The normalized spacial score (nSPS) is 17.9. The molecule has 3 aromatic carbocycles. The number of aromatic nitrogens is 2. The van der Waals surface area contributed by atoms with Gasteiger partial charge in [0.1, 0.15) is 0 Å². The van der Waals surface area contributed by atoms with Gasteiger partial charge in [-0.15, -0.1) is 16.9 Å². The monoisotopic (exact) mass is 582 g/mol. The summed E-state index contributed by atoms with van der Waals surface area (Å²) in [6, 6.07) is 22.8. The van der Waals surface area contributed by atoms with Crippen molar-refractivity contribution in [3.63, 3.8) is 0 Å². The quantitative estimate of drug-likeness (QED) is 0.0857. The minimum absolute atomic E-state index is 0.239. The Balaban J connectivity index is 1.50. The molecule has 0 N–H and O–H groups in total. The van der Waals surface area contributed by atoms with Crippen molar-refractivity contribution in [2.24, 2.45) is 5.92 Å². The smallest absolute Gasteiger partial charge is 0.330 e. The van der Waals surface area contributed by atoms with Crippen LogP contribution >= 0.6 is 11.8 Å². The van der Waals surface area contributed by atoms with Gasteiger partial charge in [0, 0.05) is 17.6 Å². The largest absolute Gasteiger partial charge is 0.463 e. The van der Waals surface area contributed by atoms with E-state index in [1.165, 1.54) is 22.1 Å². The van der Waals surface area contributed by atoms with Gasteiger partial charge in [-0.3, -0.25) is 0 Å². The lowest BCUT2D eigenvalue weighted by Crippen LogP contribution is -2.19. The Labute approximate surface area is 250 Å². The molecule has 0 amide bonds. The summed E-state index contributed by atoms with van der Waals surface area (Å²) in [5.74, 6) is -0.408. The lowest BCUT2D eigenvalue weighted by molar-refractivity contribution is -0.137. The summed E-state index contributed by atoms with van der Waals surface area (Å²) in [4.78, 5) is 13.1. The third-order valence-corrected chi connectivity index (χ3v) is 8.72. The van der Waals surface area contributed by atoms with E-state index < -0.39 is 5.95 Å². The Hall–Kier alpha value is -3.68. The molecule has 1 aliphatic heterocycles. The number of allylic oxidation sites excluding steroid dienone is 1. The number of rotatable bonds is 9. The van der Waals surface area contributed by atoms with E-state index in [1.54, 1.807) is 29.4 Å². The van der Waals surface area contributed by atoms with Gasteiger partial charge in [0.2, 0.25) is 5.95 Å². The Morgan fingerprint density at radius 3 is 2.57 bits per heavy atom. The zero-order chi connectivity index (χ0) is 29.1. The first-order valence-corrected chi connectivity index (χ1v) is 15.9. The maximum absolute atomic E-state index is 15.4. The van der Waals surface area contributed by atoms with Crippen molar-refractivity contribution < 1.29 is 18.7 Å². The number of esters is 1. The van der Waals surface area contributed by atoms with Crippen LogP contribution in [-0.4, -0.2) is 35.2 Å². The molecule has 216 valence electrons. The average Bonchev–Trinajstić information content (AvgIpc) is 3.82. The number of carbonyl (C=O) groups excluding carboxylic acids is 1. The van der Waals surface area contributed by atoms with Crippen LogP contribution in [0.3, 0.4) is 0 Å². The maximum atomic E-state index is 15.4. The SMILES string of the molecule is CCOC(=O)C=Cc1ccc(/C(=C(\c2ccccc2SC)C2CC2)c2ccc3c(c2)c(F)nn3C2CCCCO2)cc1. The summed E-state index contributed by atoms with van der Waals surface area (Å²) in [6.07, 6.45) is 10.2. The topological polar surface area (TPSA) is 53.3 Å². The summed E-state index contributed by atoms with van der Waals surface area (Å²) in [5.41, 5.74) is 7.27. The molecule has 4 aromatic rings. The van der Waals surface area contributed by atoms with E-state index in [0.29, 0.717) is 24.5 Å². The van der Waals surface area contributed by atoms with E-state index in [1.807, 2.05) is 24.3 Å². The Morgan fingerprint density at radius 1 is 1.07 bits per heavy atom. The Bertz CT molecular complexity index is 1650. The number of carbonyl (C=O) groups is 1. The van der Waals surface area contributed by atoms with Gasteiger partial charge in [0.25, 0.3) is 0 Å². The molecule has 42 heavy (non-hydrogen) atoms. The van der Waals surface area contributed by atoms with E-state index in [2.05, 4.69) is 53.8 Å². The first kappa shape index (κ1) is 28.4. The molecule has 2 heterocycles. The van der Waals surface area contributed by atoms with Crippen LogP contribution in [0.15, 0.2) is 77.7 Å². The van der Waals surface area contributed by atoms with E-state index in [0.717, 1.165) is 59.9 Å². The molecule has 1 aromatic heterocycles. The van der Waals surface area contributed by atoms with Gasteiger partial charge in [-0.05, 0) is 109 Å². The second-order valence-electron chi connectivity index (χ2n) is 10.8. The van der Waals surface area contributed by atoms with Crippen LogP contribution in [0.2, 0.25) is 0 Å². The average molecular weight is 583 g/mol. The molecule has 1 saturated carbocycles. The number of ether oxygens (including phenoxy) is 2. The van der Waals surface area contributed by atoms with Gasteiger partial charge in [-0.1, -0.05) is 48.5 Å². The number of hydrogen-bond donors (Lipinski definition) is 0. The fourth-order valence-electron chi connectivity index (χ4n) is 5.79. The third kappa shape index (κ3) is 5.94. The minimum Gasteiger partial charge on any atom is -0.463 e. The van der Waals surface area contributed by atoms with Crippen LogP contribution in [0.5, 0.6) is 0 Å². The number of nitrogens with zero attached hydrogens (tertiary/aromatic N) is 2. The molecule has 0 bridgehead atoms. The van der Waals surface area contributed by atoms with Gasteiger partial charge in [-0.2, -0.15) is 4.39 Å². The summed E-state index contributed by atoms with van der Waals surface area (Å²) in [7, 11) is 0. The molecular weight excluding hydrogens is 547 g/mol. The maximum Gasteiger partial charge on any atom is 0.330 e. The van der Waals surface area contributed by atoms with Crippen LogP contribution in [0, 0.1) is 11.9 Å². The van der Waals surface area contributed by atoms with E-state index >= 15 is 4.39 Å². The molecule has 1 saturated heterocycles. The van der Waals surface area contributed by atoms with Crippen molar-refractivity contribution >= 4 is 45.9 Å². The van der Waals surface area contributed by atoms with Crippen LogP contribution in [0.1, 0.15) is 67.5 Å². The molecule has 1 aliphatic carbocycles. The zero-order valence-corrected chi connectivity index (χ0v) is 24.8. The number of hydrogen-bond acceptors (Lipinski definition) is 5.